The lowest BCUT2D eigenvalue weighted by molar-refractivity contribution is -0.111. The number of anilines is 1. The molecule has 0 bridgehead atoms. The largest absolute Gasteiger partial charge is 0.450 e. The highest BCUT2D eigenvalue weighted by Gasteiger charge is 2.07. The van der Waals surface area contributed by atoms with Gasteiger partial charge in [0.25, 0.3) is 0 Å². The molecule has 1 amide bonds. The highest BCUT2D eigenvalue weighted by atomic mass is 79.9. The second-order valence-electron chi connectivity index (χ2n) is 4.71. The predicted molar refractivity (Wildman–Crippen MR) is 84.6 cm³/mol. The summed E-state index contributed by atoms with van der Waals surface area (Å²) in [6.07, 6.45) is 3.10. The maximum Gasteiger partial charge on any atom is 0.248 e. The van der Waals surface area contributed by atoms with Crippen LogP contribution in [0.25, 0.3) is 6.08 Å². The number of furan rings is 1. The number of rotatable bonds is 4. The quantitative estimate of drug-likeness (QED) is 0.815. The van der Waals surface area contributed by atoms with Crippen LogP contribution in [0.5, 0.6) is 0 Å². The number of carbonyl (C=O) groups is 1. The molecule has 104 valence electrons. The molecule has 0 saturated heterocycles. The zero-order valence-electron chi connectivity index (χ0n) is 11.4. The van der Waals surface area contributed by atoms with E-state index in [2.05, 4.69) is 35.1 Å². The van der Waals surface area contributed by atoms with E-state index in [-0.39, 0.29) is 5.91 Å². The molecule has 1 N–H and O–H groups in total. The molecule has 0 aliphatic rings. The minimum atomic E-state index is -0.175. The van der Waals surface area contributed by atoms with Crippen LogP contribution in [-0.2, 0) is 4.79 Å². The van der Waals surface area contributed by atoms with Gasteiger partial charge in [0.1, 0.15) is 5.76 Å². The van der Waals surface area contributed by atoms with Gasteiger partial charge in [-0.2, -0.15) is 0 Å². The van der Waals surface area contributed by atoms with Crippen molar-refractivity contribution in [2.45, 2.75) is 19.8 Å². The molecule has 0 radical (unpaired) electrons. The van der Waals surface area contributed by atoms with E-state index in [0.717, 1.165) is 11.3 Å². The first-order valence-corrected chi connectivity index (χ1v) is 7.19. The molecular weight excluding hydrogens is 318 g/mol. The summed E-state index contributed by atoms with van der Waals surface area (Å²) < 4.78 is 5.94. The molecule has 2 aromatic rings. The number of halogens is 1. The Bertz CT molecular complexity index is 629. The average Bonchev–Trinajstić information content (AvgIpc) is 2.83. The molecule has 4 heteroatoms. The smallest absolute Gasteiger partial charge is 0.248 e. The summed E-state index contributed by atoms with van der Waals surface area (Å²) in [7, 11) is 0. The minimum Gasteiger partial charge on any atom is -0.450 e. The van der Waals surface area contributed by atoms with Crippen molar-refractivity contribution in [3.05, 3.63) is 58.5 Å². The van der Waals surface area contributed by atoms with Crippen LogP contribution in [0, 0.1) is 0 Å². The van der Waals surface area contributed by atoms with Crippen molar-refractivity contribution in [3.63, 3.8) is 0 Å². The number of amides is 1. The van der Waals surface area contributed by atoms with E-state index in [1.165, 1.54) is 6.08 Å². The van der Waals surface area contributed by atoms with Gasteiger partial charge in [0.15, 0.2) is 4.67 Å². The van der Waals surface area contributed by atoms with Gasteiger partial charge in [-0.1, -0.05) is 32.0 Å². The average molecular weight is 334 g/mol. The molecule has 1 aromatic heterocycles. The molecule has 0 spiro atoms. The van der Waals surface area contributed by atoms with Gasteiger partial charge in [0, 0.05) is 11.8 Å². The third kappa shape index (κ3) is 3.84. The van der Waals surface area contributed by atoms with Crippen LogP contribution in [-0.4, -0.2) is 5.91 Å². The van der Waals surface area contributed by atoms with Crippen LogP contribution in [0.3, 0.4) is 0 Å². The summed E-state index contributed by atoms with van der Waals surface area (Å²) >= 11 is 3.22. The van der Waals surface area contributed by atoms with Crippen molar-refractivity contribution in [2.24, 2.45) is 0 Å². The van der Waals surface area contributed by atoms with E-state index >= 15 is 0 Å². The molecule has 0 aliphatic heterocycles. The number of carbonyl (C=O) groups excluding carboxylic acids is 1. The van der Waals surface area contributed by atoms with Gasteiger partial charge in [0.05, 0.1) is 0 Å². The first-order valence-electron chi connectivity index (χ1n) is 6.39. The van der Waals surface area contributed by atoms with Crippen LogP contribution in [0.2, 0.25) is 0 Å². The minimum absolute atomic E-state index is 0.175. The van der Waals surface area contributed by atoms with Gasteiger partial charge in [-0.15, -0.1) is 0 Å². The molecule has 0 saturated carbocycles. The van der Waals surface area contributed by atoms with E-state index in [9.17, 15) is 4.79 Å². The fraction of sp³-hybridized carbons (Fsp3) is 0.188. The van der Waals surface area contributed by atoms with E-state index < -0.39 is 0 Å². The Morgan fingerprint density at radius 2 is 2.00 bits per heavy atom. The monoisotopic (exact) mass is 333 g/mol. The van der Waals surface area contributed by atoms with Gasteiger partial charge in [-0.25, -0.2) is 0 Å². The number of nitrogens with one attached hydrogen (secondary N) is 1. The van der Waals surface area contributed by atoms with Crippen LogP contribution < -0.4 is 5.32 Å². The van der Waals surface area contributed by atoms with Crippen molar-refractivity contribution in [1.82, 2.24) is 0 Å². The van der Waals surface area contributed by atoms with Gasteiger partial charge in [0.2, 0.25) is 5.91 Å². The Morgan fingerprint density at radius 1 is 1.25 bits per heavy atom. The third-order valence-electron chi connectivity index (χ3n) is 2.83. The Balaban J connectivity index is 2.07. The normalized spacial score (nSPS) is 11.2. The second-order valence-corrected chi connectivity index (χ2v) is 5.49. The van der Waals surface area contributed by atoms with E-state index in [1.807, 2.05) is 24.3 Å². The van der Waals surface area contributed by atoms with Gasteiger partial charge in [-0.3, -0.25) is 4.79 Å². The third-order valence-corrected chi connectivity index (χ3v) is 3.26. The van der Waals surface area contributed by atoms with E-state index in [0.29, 0.717) is 16.3 Å². The van der Waals surface area contributed by atoms with Crippen molar-refractivity contribution in [3.8, 4) is 0 Å². The molecule has 0 unspecified atom stereocenters. The Morgan fingerprint density at radius 3 is 2.65 bits per heavy atom. The lowest BCUT2D eigenvalue weighted by Crippen LogP contribution is -2.10. The van der Waals surface area contributed by atoms with Crippen molar-refractivity contribution < 1.29 is 9.21 Å². The van der Waals surface area contributed by atoms with Crippen LogP contribution in [0.15, 0.2) is 51.6 Å². The highest BCUT2D eigenvalue weighted by Crippen LogP contribution is 2.23. The summed E-state index contributed by atoms with van der Waals surface area (Å²) in [6, 6.07) is 11.4. The molecule has 0 aliphatic carbocycles. The summed E-state index contributed by atoms with van der Waals surface area (Å²) in [5, 5.41) is 2.89. The Labute approximate surface area is 126 Å². The number of hydrogen-bond acceptors (Lipinski definition) is 2. The first kappa shape index (κ1) is 14.6. The predicted octanol–water partition coefficient (Wildman–Crippen LogP) is 4.82. The van der Waals surface area contributed by atoms with Gasteiger partial charge >= 0.3 is 0 Å². The first-order chi connectivity index (χ1) is 9.56. The number of para-hydroxylation sites is 1. The molecule has 20 heavy (non-hydrogen) atoms. The molecule has 1 heterocycles. The molecule has 0 atom stereocenters. The lowest BCUT2D eigenvalue weighted by atomic mass is 10.0. The summed E-state index contributed by atoms with van der Waals surface area (Å²) in [5.74, 6) is 0.811. The van der Waals surface area contributed by atoms with Crippen LogP contribution in [0.1, 0.15) is 31.1 Å². The molecule has 2 rings (SSSR count). The number of hydrogen-bond donors (Lipinski definition) is 1. The fourth-order valence-electron chi connectivity index (χ4n) is 1.86. The maximum absolute atomic E-state index is 11.9. The highest BCUT2D eigenvalue weighted by molar-refractivity contribution is 9.10. The molecular formula is C16H16BrNO2. The van der Waals surface area contributed by atoms with E-state index in [4.69, 9.17) is 4.42 Å². The van der Waals surface area contributed by atoms with Crippen molar-refractivity contribution in [1.29, 1.82) is 0 Å². The Kier molecular flexibility index (Phi) is 4.79. The molecule has 1 aromatic carbocycles. The standard InChI is InChI=1S/C16H16BrNO2/c1-11(2)13-5-3-4-6-14(13)18-16(19)10-8-12-7-9-15(17)20-12/h3-11H,1-2H3,(H,18,19)/b10-8+. The van der Waals surface area contributed by atoms with Gasteiger partial charge < -0.3 is 9.73 Å². The summed E-state index contributed by atoms with van der Waals surface area (Å²) in [6.45, 7) is 4.20. The SMILES string of the molecule is CC(C)c1ccccc1NC(=O)/C=C/c1ccc(Br)o1. The summed E-state index contributed by atoms with van der Waals surface area (Å²) in [4.78, 5) is 11.9. The van der Waals surface area contributed by atoms with E-state index in [1.54, 1.807) is 18.2 Å². The van der Waals surface area contributed by atoms with Crippen molar-refractivity contribution >= 4 is 33.6 Å². The fourth-order valence-corrected chi connectivity index (χ4v) is 2.18. The molecule has 0 fully saturated rings. The Hall–Kier alpha value is -1.81. The summed E-state index contributed by atoms with van der Waals surface area (Å²) in [5.41, 5.74) is 1.97. The number of benzene rings is 1. The lowest BCUT2D eigenvalue weighted by Gasteiger charge is -2.12. The second kappa shape index (κ2) is 6.57. The maximum atomic E-state index is 11.9. The zero-order chi connectivity index (χ0) is 14.5. The van der Waals surface area contributed by atoms with Crippen LogP contribution in [0.4, 0.5) is 5.69 Å². The zero-order valence-corrected chi connectivity index (χ0v) is 13.0. The van der Waals surface area contributed by atoms with Crippen molar-refractivity contribution in [2.75, 3.05) is 5.32 Å². The van der Waals surface area contributed by atoms with Crippen LogP contribution >= 0.6 is 15.9 Å². The molecule has 3 nitrogen and oxygen atoms in total. The van der Waals surface area contributed by atoms with Gasteiger partial charge in [-0.05, 0) is 51.7 Å². The topological polar surface area (TPSA) is 42.2 Å².